The molecule has 0 radical (unpaired) electrons. The first-order valence-electron chi connectivity index (χ1n) is 9.13. The molecule has 0 atom stereocenters. The van der Waals surface area contributed by atoms with Crippen LogP contribution in [0, 0.1) is 0 Å². The lowest BCUT2D eigenvalue weighted by Crippen LogP contribution is -2.08. The summed E-state index contributed by atoms with van der Waals surface area (Å²) in [5.74, 6) is -0.159. The molecular weight excluding hydrogens is 438 g/mol. The molecule has 0 spiro atoms. The molecule has 2 aromatic heterocycles. The molecule has 0 saturated carbocycles. The zero-order valence-electron chi connectivity index (χ0n) is 16.3. The highest BCUT2D eigenvalue weighted by atomic mass is 19.4. The number of pyridine rings is 1. The zero-order chi connectivity index (χ0) is 23.1. The third-order valence-corrected chi connectivity index (χ3v) is 4.61. The van der Waals surface area contributed by atoms with Crippen LogP contribution >= 0.6 is 0 Å². The van der Waals surface area contributed by atoms with Crippen LogP contribution in [0.2, 0.25) is 0 Å². The molecule has 166 valence electrons. The molecule has 0 aliphatic rings. The number of hydrogen-bond acceptors (Lipinski definition) is 4. The van der Waals surface area contributed by atoms with Gasteiger partial charge in [0.25, 0.3) is 0 Å². The Labute approximate surface area is 177 Å². The van der Waals surface area contributed by atoms with Gasteiger partial charge in [0.05, 0.1) is 16.6 Å². The predicted octanol–water partition coefficient (Wildman–Crippen LogP) is 6.54. The molecule has 2 aromatic carbocycles. The molecule has 11 heteroatoms. The van der Waals surface area contributed by atoms with Gasteiger partial charge in [-0.3, -0.25) is 0 Å². The number of halogens is 6. The highest BCUT2D eigenvalue weighted by Gasteiger charge is 2.35. The average Bonchev–Trinajstić information content (AvgIpc) is 3.03. The quantitative estimate of drug-likeness (QED) is 0.357. The molecule has 0 amide bonds. The van der Waals surface area contributed by atoms with Gasteiger partial charge in [-0.25, -0.2) is 9.97 Å². The van der Waals surface area contributed by atoms with E-state index in [1.807, 2.05) is 0 Å². The van der Waals surface area contributed by atoms with Crippen LogP contribution < -0.4 is 10.1 Å². The smallest absolute Gasteiger partial charge is 0.421 e. The van der Waals surface area contributed by atoms with Gasteiger partial charge in [-0.05, 0) is 54.6 Å². The van der Waals surface area contributed by atoms with E-state index >= 15 is 0 Å². The Morgan fingerprint density at radius 3 is 2.28 bits per heavy atom. The molecule has 0 unspecified atom stereocenters. The van der Waals surface area contributed by atoms with Crippen LogP contribution in [-0.2, 0) is 19.4 Å². The second-order valence-electron chi connectivity index (χ2n) is 6.80. The first-order chi connectivity index (χ1) is 15.0. The first-order valence-corrected chi connectivity index (χ1v) is 9.13. The summed E-state index contributed by atoms with van der Waals surface area (Å²) < 4.78 is 84.9. The van der Waals surface area contributed by atoms with Crippen molar-refractivity contribution in [1.82, 2.24) is 14.5 Å². The fourth-order valence-corrected chi connectivity index (χ4v) is 3.02. The van der Waals surface area contributed by atoms with Gasteiger partial charge in [-0.1, -0.05) is 0 Å². The van der Waals surface area contributed by atoms with E-state index in [-0.39, 0.29) is 17.2 Å². The van der Waals surface area contributed by atoms with E-state index in [9.17, 15) is 26.3 Å². The normalized spacial score (nSPS) is 12.2. The molecule has 0 aliphatic heterocycles. The maximum absolute atomic E-state index is 13.1. The van der Waals surface area contributed by atoms with E-state index in [1.165, 1.54) is 36.5 Å². The second kappa shape index (κ2) is 7.74. The van der Waals surface area contributed by atoms with E-state index in [4.69, 9.17) is 4.74 Å². The molecule has 2 heterocycles. The van der Waals surface area contributed by atoms with Crippen LogP contribution in [-0.4, -0.2) is 14.5 Å². The Morgan fingerprint density at radius 1 is 0.906 bits per heavy atom. The lowest BCUT2D eigenvalue weighted by molar-refractivity contribution is -0.139. The Morgan fingerprint density at radius 2 is 1.62 bits per heavy atom. The van der Waals surface area contributed by atoms with Crippen LogP contribution in [0.25, 0.3) is 11.0 Å². The number of aryl methyl sites for hydroxylation is 1. The maximum atomic E-state index is 13.1. The minimum absolute atomic E-state index is 0.125. The number of nitrogens with one attached hydrogen (secondary N) is 1. The molecule has 0 fully saturated rings. The number of fused-ring (bicyclic) bond motifs is 1. The Hall–Kier alpha value is -3.76. The van der Waals surface area contributed by atoms with Crippen molar-refractivity contribution in [2.45, 2.75) is 12.4 Å². The average molecular weight is 452 g/mol. The van der Waals surface area contributed by atoms with Gasteiger partial charge in [0.2, 0.25) is 11.8 Å². The lowest BCUT2D eigenvalue weighted by Gasteiger charge is -2.12. The van der Waals surface area contributed by atoms with Crippen molar-refractivity contribution in [2.75, 3.05) is 5.32 Å². The summed E-state index contributed by atoms with van der Waals surface area (Å²) in [6.07, 6.45) is -7.90. The first kappa shape index (κ1) is 21.5. The molecule has 0 aliphatic carbocycles. The van der Waals surface area contributed by atoms with Crippen molar-refractivity contribution in [3.8, 4) is 11.6 Å². The van der Waals surface area contributed by atoms with Crippen LogP contribution in [0.1, 0.15) is 11.1 Å². The lowest BCUT2D eigenvalue weighted by atomic mass is 10.2. The minimum Gasteiger partial charge on any atom is -0.438 e. The van der Waals surface area contributed by atoms with Crippen molar-refractivity contribution in [3.63, 3.8) is 0 Å². The Kier molecular flexibility index (Phi) is 5.19. The summed E-state index contributed by atoms with van der Waals surface area (Å²) in [6, 6.07) is 11.2. The number of hydrogen-bond donors (Lipinski definition) is 1. The summed E-state index contributed by atoms with van der Waals surface area (Å²) in [4.78, 5) is 7.84. The third kappa shape index (κ3) is 4.32. The van der Waals surface area contributed by atoms with Crippen molar-refractivity contribution in [3.05, 3.63) is 71.9 Å². The fraction of sp³-hybridized carbons (Fsp3) is 0.143. The summed E-state index contributed by atoms with van der Waals surface area (Å²) in [5.41, 5.74) is -0.636. The number of rotatable bonds is 4. The second-order valence-corrected chi connectivity index (χ2v) is 6.80. The highest BCUT2D eigenvalue weighted by molar-refractivity contribution is 5.80. The molecular formula is C21H14F6N4O. The SMILES string of the molecule is Cn1c(Nc2ccc(Oc3ncccc3C(F)(F)F)cc2)nc2cc(C(F)(F)F)ccc21. The summed E-state index contributed by atoms with van der Waals surface area (Å²) in [7, 11) is 1.64. The van der Waals surface area contributed by atoms with Crippen LogP contribution in [0.15, 0.2) is 60.8 Å². The van der Waals surface area contributed by atoms with Gasteiger partial charge in [-0.15, -0.1) is 0 Å². The van der Waals surface area contributed by atoms with Crippen LogP contribution in [0.4, 0.5) is 38.0 Å². The van der Waals surface area contributed by atoms with Gasteiger partial charge >= 0.3 is 12.4 Å². The standard InChI is InChI=1S/C21H14F6N4O/c1-31-17-9-4-12(20(22,23)24)11-16(17)30-19(31)29-13-5-7-14(8-6-13)32-18-15(21(25,26)27)3-2-10-28-18/h2-11H,1H3,(H,29,30). The number of nitrogens with zero attached hydrogens (tertiary/aromatic N) is 3. The largest absolute Gasteiger partial charge is 0.438 e. The molecule has 5 nitrogen and oxygen atoms in total. The topological polar surface area (TPSA) is 52.0 Å². The van der Waals surface area contributed by atoms with Crippen molar-refractivity contribution in [1.29, 1.82) is 0 Å². The van der Waals surface area contributed by atoms with Crippen molar-refractivity contribution < 1.29 is 31.1 Å². The number of aromatic nitrogens is 3. The number of ether oxygens (including phenoxy) is 1. The Balaban J connectivity index is 1.55. The molecule has 0 bridgehead atoms. The summed E-state index contributed by atoms with van der Waals surface area (Å²) in [5, 5.41) is 2.97. The highest BCUT2D eigenvalue weighted by Crippen LogP contribution is 2.37. The van der Waals surface area contributed by atoms with E-state index in [1.54, 1.807) is 11.6 Å². The molecule has 4 aromatic rings. The number of benzene rings is 2. The monoisotopic (exact) mass is 452 g/mol. The van der Waals surface area contributed by atoms with Gasteiger partial charge in [-0.2, -0.15) is 26.3 Å². The number of alkyl halides is 6. The summed E-state index contributed by atoms with van der Waals surface area (Å²) in [6.45, 7) is 0. The van der Waals surface area contributed by atoms with Gasteiger partial charge < -0.3 is 14.6 Å². The summed E-state index contributed by atoms with van der Waals surface area (Å²) >= 11 is 0. The van der Waals surface area contributed by atoms with E-state index in [0.717, 1.165) is 24.3 Å². The number of imidazole rings is 1. The van der Waals surface area contributed by atoms with Crippen LogP contribution in [0.5, 0.6) is 11.6 Å². The molecule has 32 heavy (non-hydrogen) atoms. The minimum atomic E-state index is -4.61. The maximum Gasteiger partial charge on any atom is 0.421 e. The van der Waals surface area contributed by atoms with Gasteiger partial charge in [0.15, 0.2) is 0 Å². The van der Waals surface area contributed by atoms with E-state index in [2.05, 4.69) is 15.3 Å². The van der Waals surface area contributed by atoms with Gasteiger partial charge in [0, 0.05) is 18.9 Å². The number of anilines is 2. The Bertz CT molecular complexity index is 1260. The van der Waals surface area contributed by atoms with Crippen molar-refractivity contribution >= 4 is 22.7 Å². The molecule has 4 rings (SSSR count). The molecule has 1 N–H and O–H groups in total. The third-order valence-electron chi connectivity index (χ3n) is 4.61. The van der Waals surface area contributed by atoms with E-state index < -0.39 is 29.4 Å². The van der Waals surface area contributed by atoms with Gasteiger partial charge in [0.1, 0.15) is 11.3 Å². The van der Waals surface area contributed by atoms with Crippen molar-refractivity contribution in [2.24, 2.45) is 7.05 Å². The fourth-order valence-electron chi connectivity index (χ4n) is 3.02. The van der Waals surface area contributed by atoms with E-state index in [0.29, 0.717) is 11.2 Å². The zero-order valence-corrected chi connectivity index (χ0v) is 16.3. The van der Waals surface area contributed by atoms with Crippen LogP contribution in [0.3, 0.4) is 0 Å². The molecule has 0 saturated heterocycles. The predicted molar refractivity (Wildman–Crippen MR) is 105 cm³/mol.